The predicted octanol–water partition coefficient (Wildman–Crippen LogP) is 4.52. The second-order valence-electron chi connectivity index (χ2n) is 7.68. The van der Waals surface area contributed by atoms with E-state index < -0.39 is 0 Å². The molecule has 0 N–H and O–H groups in total. The summed E-state index contributed by atoms with van der Waals surface area (Å²) in [6.07, 6.45) is 2.16. The molecule has 154 valence electrons. The second-order valence-corrected chi connectivity index (χ2v) is 9.10. The molecular formula is C23H28ClN3OS. The minimum Gasteiger partial charge on any atom is -0.369 e. The summed E-state index contributed by atoms with van der Waals surface area (Å²) in [6.45, 7) is 6.15. The Morgan fingerprint density at radius 2 is 1.69 bits per heavy atom. The first-order valence-corrected chi connectivity index (χ1v) is 11.9. The first kappa shape index (κ1) is 20.6. The van der Waals surface area contributed by atoms with Crippen molar-refractivity contribution >= 4 is 40.6 Å². The highest BCUT2D eigenvalue weighted by molar-refractivity contribution is 7.99. The first-order valence-electron chi connectivity index (χ1n) is 10.4. The summed E-state index contributed by atoms with van der Waals surface area (Å²) in [6, 6.07) is 16.5. The lowest BCUT2D eigenvalue weighted by atomic mass is 10.1. The third kappa shape index (κ3) is 5.27. The number of unbranched alkanes of at least 4 members (excludes halogenated alkanes) is 1. The van der Waals surface area contributed by atoms with Gasteiger partial charge in [0.25, 0.3) is 0 Å². The lowest BCUT2D eigenvalue weighted by Crippen LogP contribution is -2.46. The van der Waals surface area contributed by atoms with E-state index in [0.717, 1.165) is 68.6 Å². The second kappa shape index (κ2) is 9.88. The molecule has 6 heteroatoms. The molecule has 4 nitrogen and oxygen atoms in total. The predicted molar refractivity (Wildman–Crippen MR) is 124 cm³/mol. The van der Waals surface area contributed by atoms with Gasteiger partial charge in [-0.1, -0.05) is 35.9 Å². The van der Waals surface area contributed by atoms with Crippen LogP contribution in [0, 0.1) is 0 Å². The van der Waals surface area contributed by atoms with Gasteiger partial charge in [0, 0.05) is 54.9 Å². The summed E-state index contributed by atoms with van der Waals surface area (Å²) in [5, 5.41) is 0.799. The van der Waals surface area contributed by atoms with Gasteiger partial charge in [0.1, 0.15) is 0 Å². The zero-order valence-corrected chi connectivity index (χ0v) is 18.3. The van der Waals surface area contributed by atoms with Gasteiger partial charge >= 0.3 is 0 Å². The monoisotopic (exact) mass is 429 g/mol. The molecule has 2 aromatic rings. The zero-order valence-electron chi connectivity index (χ0n) is 16.7. The van der Waals surface area contributed by atoms with Crippen LogP contribution in [0.2, 0.25) is 5.02 Å². The van der Waals surface area contributed by atoms with Crippen molar-refractivity contribution in [2.24, 2.45) is 0 Å². The fourth-order valence-corrected chi connectivity index (χ4v) is 5.19. The number of hydrogen-bond donors (Lipinski definition) is 0. The van der Waals surface area contributed by atoms with Gasteiger partial charge in [-0.05, 0) is 49.2 Å². The van der Waals surface area contributed by atoms with E-state index >= 15 is 0 Å². The zero-order chi connectivity index (χ0) is 20.1. The number of amides is 1. The Kier molecular flexibility index (Phi) is 7.01. The molecule has 0 aliphatic carbocycles. The minimum atomic E-state index is 0.245. The van der Waals surface area contributed by atoms with E-state index in [1.807, 2.05) is 29.2 Å². The van der Waals surface area contributed by atoms with Gasteiger partial charge in [-0.2, -0.15) is 0 Å². The van der Waals surface area contributed by atoms with Crippen LogP contribution in [0.4, 0.5) is 11.4 Å². The molecule has 0 unspecified atom stereocenters. The number of halogens is 1. The van der Waals surface area contributed by atoms with E-state index in [1.54, 1.807) is 11.8 Å². The lowest BCUT2D eigenvalue weighted by Gasteiger charge is -2.36. The maximum atomic E-state index is 12.5. The molecule has 29 heavy (non-hydrogen) atoms. The topological polar surface area (TPSA) is 26.8 Å². The molecule has 1 saturated heterocycles. The van der Waals surface area contributed by atoms with Crippen molar-refractivity contribution in [3.8, 4) is 0 Å². The van der Waals surface area contributed by atoms with Crippen molar-refractivity contribution < 1.29 is 4.79 Å². The summed E-state index contributed by atoms with van der Waals surface area (Å²) in [4.78, 5) is 19.5. The lowest BCUT2D eigenvalue weighted by molar-refractivity contribution is -0.116. The number of benzene rings is 2. The van der Waals surface area contributed by atoms with Crippen molar-refractivity contribution in [2.45, 2.75) is 18.6 Å². The molecule has 0 bridgehead atoms. The number of carbonyl (C=O) groups is 1. The summed E-state index contributed by atoms with van der Waals surface area (Å²) in [5.41, 5.74) is 3.60. The van der Waals surface area contributed by atoms with Crippen LogP contribution in [0.1, 0.15) is 18.4 Å². The summed E-state index contributed by atoms with van der Waals surface area (Å²) < 4.78 is 0. The largest absolute Gasteiger partial charge is 0.369 e. The summed E-state index contributed by atoms with van der Waals surface area (Å²) in [5.74, 6) is 1.75. The van der Waals surface area contributed by atoms with E-state index in [9.17, 15) is 4.79 Å². The van der Waals surface area contributed by atoms with Gasteiger partial charge in [-0.3, -0.25) is 9.69 Å². The number of hydrogen-bond acceptors (Lipinski definition) is 4. The number of thioether (sulfide) groups is 1. The van der Waals surface area contributed by atoms with E-state index in [0.29, 0.717) is 5.75 Å². The van der Waals surface area contributed by atoms with Gasteiger partial charge in [-0.15, -0.1) is 11.8 Å². The highest BCUT2D eigenvalue weighted by Crippen LogP contribution is 2.29. The molecule has 0 atom stereocenters. The van der Waals surface area contributed by atoms with Gasteiger partial charge in [-0.25, -0.2) is 0 Å². The van der Waals surface area contributed by atoms with E-state index in [1.165, 1.54) is 11.3 Å². The van der Waals surface area contributed by atoms with Crippen LogP contribution >= 0.6 is 23.4 Å². The molecule has 2 aliphatic rings. The summed E-state index contributed by atoms with van der Waals surface area (Å²) in [7, 11) is 0. The number of fused-ring (bicyclic) bond motifs is 1. The molecule has 0 spiro atoms. The quantitative estimate of drug-likeness (QED) is 0.630. The van der Waals surface area contributed by atoms with Crippen molar-refractivity contribution in [1.29, 1.82) is 0 Å². The normalized spacial score (nSPS) is 17.9. The number of rotatable bonds is 6. The standard InChI is InChI=1S/C23H28ClN3OS/c24-20-7-5-8-21(16-20)26-14-12-25(13-15-26)10-3-4-11-27-22-9-2-1-6-19(22)17-29-18-23(27)28/h1-2,5-9,16H,3-4,10-15,17-18H2. The Hall–Kier alpha value is -1.69. The average molecular weight is 430 g/mol. The molecule has 0 saturated carbocycles. The third-order valence-corrected chi connectivity index (χ3v) is 6.92. The third-order valence-electron chi connectivity index (χ3n) is 5.72. The molecule has 2 aromatic carbocycles. The Morgan fingerprint density at radius 1 is 0.897 bits per heavy atom. The maximum Gasteiger partial charge on any atom is 0.236 e. The number of piperazine rings is 1. The number of nitrogens with zero attached hydrogens (tertiary/aromatic N) is 3. The van der Waals surface area contributed by atoms with E-state index in [2.05, 4.69) is 34.1 Å². The van der Waals surface area contributed by atoms with E-state index in [-0.39, 0.29) is 5.91 Å². The molecule has 1 amide bonds. The van der Waals surface area contributed by atoms with Crippen molar-refractivity contribution in [3.63, 3.8) is 0 Å². The molecule has 2 heterocycles. The average Bonchev–Trinajstić information content (AvgIpc) is 2.90. The molecule has 0 aromatic heterocycles. The van der Waals surface area contributed by atoms with Crippen molar-refractivity contribution in [3.05, 3.63) is 59.1 Å². The first-order chi connectivity index (χ1) is 14.2. The molecule has 4 rings (SSSR count). The van der Waals surface area contributed by atoms with Gasteiger partial charge in [0.05, 0.1) is 5.75 Å². The number of anilines is 2. The molecule has 2 aliphatic heterocycles. The fourth-order valence-electron chi connectivity index (χ4n) is 4.11. The highest BCUT2D eigenvalue weighted by atomic mass is 35.5. The van der Waals surface area contributed by atoms with Gasteiger partial charge in [0.15, 0.2) is 0 Å². The van der Waals surface area contributed by atoms with Crippen LogP contribution in [0.25, 0.3) is 0 Å². The Balaban J connectivity index is 1.23. The smallest absolute Gasteiger partial charge is 0.236 e. The van der Waals surface area contributed by atoms with Crippen LogP contribution < -0.4 is 9.80 Å². The maximum absolute atomic E-state index is 12.5. The summed E-state index contributed by atoms with van der Waals surface area (Å²) >= 11 is 7.85. The Morgan fingerprint density at radius 3 is 2.52 bits per heavy atom. The van der Waals surface area contributed by atoms with Crippen LogP contribution in [-0.2, 0) is 10.5 Å². The van der Waals surface area contributed by atoms with Gasteiger partial charge in [0.2, 0.25) is 5.91 Å². The Labute approximate surface area is 182 Å². The number of para-hydroxylation sites is 1. The minimum absolute atomic E-state index is 0.245. The van der Waals surface area contributed by atoms with Crippen molar-refractivity contribution in [2.75, 3.05) is 54.8 Å². The Bertz CT molecular complexity index is 838. The SMILES string of the molecule is O=C1CSCc2ccccc2N1CCCCN1CCN(c2cccc(Cl)c2)CC1. The highest BCUT2D eigenvalue weighted by Gasteiger charge is 2.22. The van der Waals surface area contributed by atoms with Crippen LogP contribution in [-0.4, -0.2) is 55.8 Å². The molecular weight excluding hydrogens is 402 g/mol. The van der Waals surface area contributed by atoms with Crippen molar-refractivity contribution in [1.82, 2.24) is 4.90 Å². The molecule has 1 fully saturated rings. The molecule has 0 radical (unpaired) electrons. The van der Waals surface area contributed by atoms with Crippen LogP contribution in [0.5, 0.6) is 0 Å². The van der Waals surface area contributed by atoms with Crippen LogP contribution in [0.15, 0.2) is 48.5 Å². The fraction of sp³-hybridized carbons (Fsp3) is 0.435. The van der Waals surface area contributed by atoms with E-state index in [4.69, 9.17) is 11.6 Å². The van der Waals surface area contributed by atoms with Crippen LogP contribution in [0.3, 0.4) is 0 Å². The number of carbonyl (C=O) groups excluding carboxylic acids is 1. The van der Waals surface area contributed by atoms with Gasteiger partial charge < -0.3 is 9.80 Å².